The first-order valence-electron chi connectivity index (χ1n) is 10.6. The molecule has 0 amide bonds. The van der Waals surface area contributed by atoms with Gasteiger partial charge in [-0.1, -0.05) is 42.0 Å². The van der Waals surface area contributed by atoms with Crippen LogP contribution in [0.25, 0.3) is 6.08 Å². The summed E-state index contributed by atoms with van der Waals surface area (Å²) in [5.41, 5.74) is 0.974. The van der Waals surface area contributed by atoms with Gasteiger partial charge in [-0.2, -0.15) is 0 Å². The predicted octanol–water partition coefficient (Wildman–Crippen LogP) is 3.68. The molecule has 0 aliphatic carbocycles. The molecule has 0 radical (unpaired) electrons. The molecule has 1 aliphatic heterocycles. The largest absolute Gasteiger partial charge is 0.468 e. The van der Waals surface area contributed by atoms with Gasteiger partial charge in [-0.25, -0.2) is 8.42 Å². The molecule has 1 aliphatic rings. The third-order valence-corrected chi connectivity index (χ3v) is 7.63. The Hall–Kier alpha value is -3.57. The van der Waals surface area contributed by atoms with Crippen molar-refractivity contribution in [1.29, 1.82) is 0 Å². The quantitative estimate of drug-likeness (QED) is 0.341. The second kappa shape index (κ2) is 10.1. The van der Waals surface area contributed by atoms with E-state index in [4.69, 9.17) is 9.47 Å². The van der Waals surface area contributed by atoms with E-state index in [0.29, 0.717) is 0 Å². The van der Waals surface area contributed by atoms with Crippen molar-refractivity contribution in [3.63, 3.8) is 0 Å². The van der Waals surface area contributed by atoms with Gasteiger partial charge in [0.1, 0.15) is 0 Å². The summed E-state index contributed by atoms with van der Waals surface area (Å²) in [6, 6.07) is 13.9. The first-order chi connectivity index (χ1) is 16.2. The summed E-state index contributed by atoms with van der Waals surface area (Å²) in [5, 5.41) is 0. The van der Waals surface area contributed by atoms with Crippen molar-refractivity contribution in [1.82, 2.24) is 4.31 Å². The molecule has 0 atom stereocenters. The number of fused-ring (bicyclic) bond motifs is 1. The minimum Gasteiger partial charge on any atom is -0.468 e. The molecule has 1 heterocycles. The van der Waals surface area contributed by atoms with Crippen molar-refractivity contribution in [3.8, 4) is 11.8 Å². The van der Waals surface area contributed by atoms with Crippen molar-refractivity contribution in [2.45, 2.75) is 38.1 Å². The highest BCUT2D eigenvalue weighted by Crippen LogP contribution is 2.40. The molecule has 0 fully saturated rings. The van der Waals surface area contributed by atoms with Gasteiger partial charge in [0, 0.05) is 18.5 Å². The van der Waals surface area contributed by atoms with Crippen LogP contribution < -0.4 is 0 Å². The first kappa shape index (κ1) is 25.1. The molecule has 2 aromatic carbocycles. The maximum atomic E-state index is 13.7. The van der Waals surface area contributed by atoms with Crippen LogP contribution in [0.1, 0.15) is 36.5 Å². The van der Waals surface area contributed by atoms with Gasteiger partial charge in [0.15, 0.2) is 5.41 Å². The third kappa shape index (κ3) is 4.70. The zero-order valence-corrected chi connectivity index (χ0v) is 20.4. The number of rotatable bonds is 7. The Morgan fingerprint density at radius 3 is 2.24 bits per heavy atom. The monoisotopic (exact) mass is 481 g/mol. The number of carbonyl (C=O) groups is 2. The lowest BCUT2D eigenvalue weighted by Crippen LogP contribution is -2.44. The van der Waals surface area contributed by atoms with Crippen LogP contribution in [0.15, 0.2) is 59.1 Å². The van der Waals surface area contributed by atoms with Crippen LogP contribution in [0, 0.1) is 24.2 Å². The SMILES string of the molecule is CC#CCC(CC1=Cc2ccccc2CN1S(=O)(=O)c1ccc(C)cc1)(C(=O)OC)C(=O)OC. The lowest BCUT2D eigenvalue weighted by molar-refractivity contribution is -0.169. The molecular weight excluding hydrogens is 454 g/mol. The van der Waals surface area contributed by atoms with E-state index in [1.165, 1.54) is 18.5 Å². The minimum absolute atomic E-state index is 0.0517. The van der Waals surface area contributed by atoms with Crippen molar-refractivity contribution in [2.24, 2.45) is 5.41 Å². The molecule has 0 saturated carbocycles. The van der Waals surface area contributed by atoms with Crippen molar-refractivity contribution in [2.75, 3.05) is 14.2 Å². The number of carbonyl (C=O) groups excluding carboxylic acids is 2. The summed E-state index contributed by atoms with van der Waals surface area (Å²) in [6.07, 6.45) is 1.24. The van der Waals surface area contributed by atoms with Crippen LogP contribution in [0.4, 0.5) is 0 Å². The van der Waals surface area contributed by atoms with Gasteiger partial charge >= 0.3 is 11.9 Å². The highest BCUT2D eigenvalue weighted by Gasteiger charge is 2.50. The standard InChI is InChI=1S/C26H27NO6S/c1-5-6-15-26(24(28)32-3,25(29)33-4)17-22-16-20-9-7-8-10-21(20)18-27(22)34(30,31)23-13-11-19(2)12-14-23/h7-14,16H,15,17-18H2,1-4H3. The second-order valence-corrected chi connectivity index (χ2v) is 9.87. The molecule has 3 rings (SSSR count). The molecule has 0 saturated heterocycles. The average molecular weight is 482 g/mol. The summed E-state index contributed by atoms with van der Waals surface area (Å²) in [5.74, 6) is 3.79. The van der Waals surface area contributed by atoms with Crippen LogP contribution in [0.3, 0.4) is 0 Å². The molecule has 0 aromatic heterocycles. The molecule has 178 valence electrons. The summed E-state index contributed by atoms with van der Waals surface area (Å²) in [4.78, 5) is 26.0. The van der Waals surface area contributed by atoms with Gasteiger partial charge in [0.25, 0.3) is 10.0 Å². The predicted molar refractivity (Wildman–Crippen MR) is 127 cm³/mol. The van der Waals surface area contributed by atoms with Gasteiger partial charge in [-0.15, -0.1) is 11.8 Å². The summed E-state index contributed by atoms with van der Waals surface area (Å²) in [7, 11) is -1.66. The van der Waals surface area contributed by atoms with Gasteiger partial charge in [-0.05, 0) is 43.2 Å². The highest BCUT2D eigenvalue weighted by molar-refractivity contribution is 7.89. The van der Waals surface area contributed by atoms with Gasteiger partial charge in [0.2, 0.25) is 0 Å². The lowest BCUT2D eigenvalue weighted by Gasteiger charge is -2.35. The van der Waals surface area contributed by atoms with E-state index in [1.54, 1.807) is 37.3 Å². The fourth-order valence-corrected chi connectivity index (χ4v) is 5.39. The van der Waals surface area contributed by atoms with E-state index in [9.17, 15) is 18.0 Å². The second-order valence-electron chi connectivity index (χ2n) is 8.00. The maximum absolute atomic E-state index is 13.7. The Bertz CT molecular complexity index is 1270. The molecule has 34 heavy (non-hydrogen) atoms. The number of esters is 2. The number of hydrogen-bond donors (Lipinski definition) is 0. The zero-order valence-electron chi connectivity index (χ0n) is 19.6. The number of nitrogens with zero attached hydrogens (tertiary/aromatic N) is 1. The molecule has 8 heteroatoms. The number of allylic oxidation sites excluding steroid dienone is 1. The van der Waals surface area contributed by atoms with Gasteiger partial charge in [0.05, 0.1) is 25.7 Å². The minimum atomic E-state index is -4.00. The molecular formula is C26H27NO6S. The Morgan fingerprint density at radius 2 is 1.65 bits per heavy atom. The summed E-state index contributed by atoms with van der Waals surface area (Å²) >= 11 is 0. The molecule has 0 bridgehead atoms. The van der Waals surface area contributed by atoms with E-state index >= 15 is 0 Å². The fraction of sp³-hybridized carbons (Fsp3) is 0.308. The van der Waals surface area contributed by atoms with Crippen molar-refractivity contribution >= 4 is 28.0 Å². The van der Waals surface area contributed by atoms with E-state index < -0.39 is 27.4 Å². The Morgan fingerprint density at radius 1 is 1.03 bits per heavy atom. The molecule has 2 aromatic rings. The topological polar surface area (TPSA) is 90.0 Å². The van der Waals surface area contributed by atoms with Crippen LogP contribution in [-0.4, -0.2) is 38.9 Å². The zero-order chi connectivity index (χ0) is 24.9. The Kier molecular flexibility index (Phi) is 7.48. The molecule has 0 spiro atoms. The number of hydrogen-bond acceptors (Lipinski definition) is 6. The molecule has 0 unspecified atom stereocenters. The lowest BCUT2D eigenvalue weighted by atomic mass is 9.79. The van der Waals surface area contributed by atoms with Crippen LogP contribution in [-0.2, 0) is 35.6 Å². The number of ether oxygens (including phenoxy) is 2. The normalized spacial score (nSPS) is 13.2. The van der Waals surface area contributed by atoms with E-state index in [1.807, 2.05) is 31.2 Å². The number of aryl methyl sites for hydroxylation is 1. The molecule has 7 nitrogen and oxygen atoms in total. The first-order valence-corrected chi connectivity index (χ1v) is 12.1. The van der Waals surface area contributed by atoms with Crippen LogP contribution in [0.2, 0.25) is 0 Å². The summed E-state index contributed by atoms with van der Waals surface area (Å²) in [6.45, 7) is 3.51. The van der Waals surface area contributed by atoms with Crippen molar-refractivity contribution in [3.05, 3.63) is 70.9 Å². The number of sulfonamides is 1. The average Bonchev–Trinajstić information content (AvgIpc) is 2.85. The van der Waals surface area contributed by atoms with Crippen molar-refractivity contribution < 1.29 is 27.5 Å². The number of benzene rings is 2. The smallest absolute Gasteiger partial charge is 0.324 e. The fourth-order valence-electron chi connectivity index (χ4n) is 3.92. The van der Waals surface area contributed by atoms with E-state index in [-0.39, 0.29) is 30.0 Å². The van der Waals surface area contributed by atoms with Crippen LogP contribution >= 0.6 is 0 Å². The third-order valence-electron chi connectivity index (χ3n) is 5.82. The maximum Gasteiger partial charge on any atom is 0.324 e. The van der Waals surface area contributed by atoms with Crippen LogP contribution in [0.5, 0.6) is 0 Å². The number of methoxy groups -OCH3 is 2. The van der Waals surface area contributed by atoms with E-state index in [2.05, 4.69) is 11.8 Å². The van der Waals surface area contributed by atoms with Gasteiger partial charge < -0.3 is 9.47 Å². The Balaban J connectivity index is 2.19. The molecule has 0 N–H and O–H groups in total. The van der Waals surface area contributed by atoms with E-state index in [0.717, 1.165) is 16.7 Å². The highest BCUT2D eigenvalue weighted by atomic mass is 32.2. The summed E-state index contributed by atoms with van der Waals surface area (Å²) < 4.78 is 38.6. The van der Waals surface area contributed by atoms with Gasteiger partial charge in [-0.3, -0.25) is 13.9 Å². The Labute approximate surface area is 200 Å².